The second-order valence-corrected chi connectivity index (χ2v) is 7.13. The number of nitrogens with one attached hydrogen (secondary N) is 1. The van der Waals surface area contributed by atoms with Crippen LogP contribution in [0.15, 0.2) is 0 Å². The summed E-state index contributed by atoms with van der Waals surface area (Å²) in [6.45, 7) is 2.15. The summed E-state index contributed by atoms with van der Waals surface area (Å²) in [4.78, 5) is 10.9. The van der Waals surface area contributed by atoms with Gasteiger partial charge in [-0.2, -0.15) is 0 Å². The molecule has 0 heterocycles. The Balaban J connectivity index is 2.35. The molecule has 2 atom stereocenters. The van der Waals surface area contributed by atoms with Crippen molar-refractivity contribution in [1.82, 2.24) is 4.72 Å². The number of sulfonamides is 1. The lowest BCUT2D eigenvalue weighted by Gasteiger charge is -2.28. The second-order valence-electron chi connectivity index (χ2n) is 5.25. The van der Waals surface area contributed by atoms with Gasteiger partial charge >= 0.3 is 5.97 Å². The number of hydrogen-bond acceptors (Lipinski definition) is 4. The van der Waals surface area contributed by atoms with E-state index in [0.29, 0.717) is 12.3 Å². The maximum Gasteiger partial charge on any atom is 0.305 e. The number of methoxy groups -OCH3 is 1. The highest BCUT2D eigenvalue weighted by Gasteiger charge is 2.24. The molecule has 1 fully saturated rings. The van der Waals surface area contributed by atoms with Crippen molar-refractivity contribution < 1.29 is 17.9 Å². The van der Waals surface area contributed by atoms with E-state index >= 15 is 0 Å². The third-order valence-electron chi connectivity index (χ3n) is 3.73. The van der Waals surface area contributed by atoms with Gasteiger partial charge in [-0.3, -0.25) is 4.79 Å². The number of hydrogen-bond donors (Lipinski definition) is 1. The zero-order valence-electron chi connectivity index (χ0n) is 11.9. The summed E-state index contributed by atoms with van der Waals surface area (Å²) < 4.78 is 31.1. The molecule has 0 spiro atoms. The fourth-order valence-corrected chi connectivity index (χ4v) is 3.95. The smallest absolute Gasteiger partial charge is 0.305 e. The number of ether oxygens (including phenoxy) is 1. The minimum absolute atomic E-state index is 0.00457. The molecule has 0 radical (unpaired) electrons. The van der Waals surface area contributed by atoms with Gasteiger partial charge < -0.3 is 4.74 Å². The molecule has 1 rings (SSSR count). The van der Waals surface area contributed by atoms with Crippen LogP contribution in [0.4, 0.5) is 0 Å². The van der Waals surface area contributed by atoms with E-state index in [1.54, 1.807) is 0 Å². The highest BCUT2D eigenvalue weighted by Crippen LogP contribution is 2.26. The summed E-state index contributed by atoms with van der Waals surface area (Å²) >= 11 is 0. The van der Waals surface area contributed by atoms with Crippen LogP contribution in [0.2, 0.25) is 0 Å². The summed E-state index contributed by atoms with van der Waals surface area (Å²) in [5.41, 5.74) is 0. The van der Waals surface area contributed by atoms with Crippen molar-refractivity contribution in [3.05, 3.63) is 0 Å². The zero-order chi connectivity index (χ0) is 14.3. The van der Waals surface area contributed by atoms with Crippen molar-refractivity contribution in [2.24, 2.45) is 5.92 Å². The van der Waals surface area contributed by atoms with Crippen LogP contribution in [0.5, 0.6) is 0 Å². The van der Waals surface area contributed by atoms with Crippen molar-refractivity contribution in [2.75, 3.05) is 12.9 Å². The molecule has 5 nitrogen and oxygen atoms in total. The zero-order valence-corrected chi connectivity index (χ0v) is 12.7. The average Bonchev–Trinajstić information content (AvgIpc) is 2.37. The molecule has 0 saturated heterocycles. The molecular formula is C13H25NO4S. The topological polar surface area (TPSA) is 72.5 Å². The Morgan fingerprint density at radius 2 is 2.11 bits per heavy atom. The number of esters is 1. The molecular weight excluding hydrogens is 266 g/mol. The van der Waals surface area contributed by atoms with Crippen LogP contribution in [0, 0.1) is 5.92 Å². The standard InChI is InChI=1S/C13H25NO4S/c1-3-11-6-4-7-12(10-11)14-19(16,17)9-5-8-13(15)18-2/h11-12,14H,3-10H2,1-2H3. The maximum absolute atomic E-state index is 11.9. The molecule has 6 heteroatoms. The Morgan fingerprint density at radius 1 is 1.37 bits per heavy atom. The lowest BCUT2D eigenvalue weighted by atomic mass is 9.85. The first-order valence-corrected chi connectivity index (χ1v) is 8.69. The summed E-state index contributed by atoms with van der Waals surface area (Å²) in [5, 5.41) is 0. The van der Waals surface area contributed by atoms with Gasteiger partial charge in [-0.15, -0.1) is 0 Å². The van der Waals surface area contributed by atoms with Gasteiger partial charge in [-0.05, 0) is 25.2 Å². The fourth-order valence-electron chi connectivity index (χ4n) is 2.59. The third kappa shape index (κ3) is 6.38. The van der Waals surface area contributed by atoms with Crippen LogP contribution >= 0.6 is 0 Å². The first-order chi connectivity index (χ1) is 8.96. The van der Waals surface area contributed by atoms with Crippen LogP contribution in [0.1, 0.15) is 51.9 Å². The van der Waals surface area contributed by atoms with E-state index in [4.69, 9.17) is 0 Å². The molecule has 0 aromatic heterocycles. The van der Waals surface area contributed by atoms with Crippen LogP contribution in [-0.4, -0.2) is 33.3 Å². The fraction of sp³-hybridized carbons (Fsp3) is 0.923. The lowest BCUT2D eigenvalue weighted by Crippen LogP contribution is -2.39. The molecule has 1 saturated carbocycles. The first kappa shape index (κ1) is 16.4. The predicted molar refractivity (Wildman–Crippen MR) is 74.2 cm³/mol. The summed E-state index contributed by atoms with van der Waals surface area (Å²) in [6.07, 6.45) is 5.73. The summed E-state index contributed by atoms with van der Waals surface area (Å²) in [6, 6.07) is 0.0711. The Kier molecular flexibility index (Phi) is 6.79. The van der Waals surface area contributed by atoms with Gasteiger partial charge in [0.25, 0.3) is 0 Å². The van der Waals surface area contributed by atoms with Gasteiger partial charge in [0.15, 0.2) is 0 Å². The van der Waals surface area contributed by atoms with Gasteiger partial charge in [-0.25, -0.2) is 13.1 Å². The normalized spacial score (nSPS) is 24.1. The quantitative estimate of drug-likeness (QED) is 0.726. The second kappa shape index (κ2) is 7.85. The molecule has 1 aliphatic rings. The van der Waals surface area contributed by atoms with Crippen molar-refractivity contribution in [3.63, 3.8) is 0 Å². The summed E-state index contributed by atoms with van der Waals surface area (Å²) in [7, 11) is -1.97. The molecule has 0 aliphatic heterocycles. The predicted octanol–water partition coefficient (Wildman–Crippen LogP) is 1.83. The van der Waals surface area contributed by atoms with Crippen molar-refractivity contribution in [1.29, 1.82) is 0 Å². The van der Waals surface area contributed by atoms with E-state index in [2.05, 4.69) is 16.4 Å². The van der Waals surface area contributed by atoms with Gasteiger partial charge in [0.1, 0.15) is 0 Å². The number of carbonyl (C=O) groups excluding carboxylic acids is 1. The monoisotopic (exact) mass is 291 g/mol. The van der Waals surface area contributed by atoms with E-state index in [-0.39, 0.29) is 24.2 Å². The average molecular weight is 291 g/mol. The highest BCUT2D eigenvalue weighted by atomic mass is 32.2. The third-order valence-corrected chi connectivity index (χ3v) is 5.25. The minimum Gasteiger partial charge on any atom is -0.469 e. The maximum atomic E-state index is 11.9. The molecule has 0 aromatic rings. The van der Waals surface area contributed by atoms with E-state index < -0.39 is 10.0 Å². The molecule has 0 amide bonds. The van der Waals surface area contributed by atoms with Crippen LogP contribution in [-0.2, 0) is 19.6 Å². The molecule has 0 aromatic carbocycles. The van der Waals surface area contributed by atoms with Crippen molar-refractivity contribution in [3.8, 4) is 0 Å². The van der Waals surface area contributed by atoms with Gasteiger partial charge in [0.05, 0.1) is 12.9 Å². The van der Waals surface area contributed by atoms with Crippen LogP contribution in [0.25, 0.3) is 0 Å². The SMILES string of the molecule is CCC1CCCC(NS(=O)(=O)CCCC(=O)OC)C1. The van der Waals surface area contributed by atoms with Crippen molar-refractivity contribution >= 4 is 16.0 Å². The van der Waals surface area contributed by atoms with Gasteiger partial charge in [-0.1, -0.05) is 26.2 Å². The van der Waals surface area contributed by atoms with E-state index in [1.807, 2.05) is 0 Å². The highest BCUT2D eigenvalue weighted by molar-refractivity contribution is 7.89. The number of carbonyl (C=O) groups is 1. The lowest BCUT2D eigenvalue weighted by molar-refractivity contribution is -0.140. The summed E-state index contributed by atoms with van der Waals surface area (Å²) in [5.74, 6) is 0.269. The van der Waals surface area contributed by atoms with Gasteiger partial charge in [0.2, 0.25) is 10.0 Å². The van der Waals surface area contributed by atoms with E-state index in [9.17, 15) is 13.2 Å². The van der Waals surface area contributed by atoms with Gasteiger partial charge in [0, 0.05) is 12.5 Å². The Hall–Kier alpha value is -0.620. The van der Waals surface area contributed by atoms with Crippen LogP contribution in [0.3, 0.4) is 0 Å². The first-order valence-electron chi connectivity index (χ1n) is 7.03. The molecule has 0 bridgehead atoms. The van der Waals surface area contributed by atoms with Crippen molar-refractivity contribution in [2.45, 2.75) is 57.9 Å². The van der Waals surface area contributed by atoms with Crippen LogP contribution < -0.4 is 4.72 Å². The minimum atomic E-state index is -3.27. The Labute approximate surface area is 116 Å². The number of rotatable bonds is 7. The molecule has 1 aliphatic carbocycles. The Morgan fingerprint density at radius 3 is 2.74 bits per heavy atom. The molecule has 19 heavy (non-hydrogen) atoms. The molecule has 1 N–H and O–H groups in total. The van der Waals surface area contributed by atoms with E-state index in [1.165, 1.54) is 13.5 Å². The largest absolute Gasteiger partial charge is 0.469 e. The molecule has 112 valence electrons. The molecule has 2 unspecified atom stereocenters. The Bertz CT molecular complexity index is 380. The van der Waals surface area contributed by atoms with E-state index in [0.717, 1.165) is 25.7 Å².